The van der Waals surface area contributed by atoms with E-state index in [1.807, 2.05) is 19.0 Å². The number of fused-ring (bicyclic) bond motifs is 4. The number of hydrogen-bond acceptors (Lipinski definition) is 7. The van der Waals surface area contributed by atoms with Crippen LogP contribution in [0.25, 0.3) is 22.0 Å². The van der Waals surface area contributed by atoms with E-state index in [1.165, 1.54) is 6.07 Å². The Morgan fingerprint density at radius 3 is 2.45 bits per heavy atom. The number of nitrogens with one attached hydrogen (secondary N) is 1. The highest BCUT2D eigenvalue weighted by atomic mass is 35.5. The number of anilines is 3. The summed E-state index contributed by atoms with van der Waals surface area (Å²) < 4.78 is 42.3. The van der Waals surface area contributed by atoms with Crippen molar-refractivity contribution in [3.63, 3.8) is 0 Å². The van der Waals surface area contributed by atoms with E-state index in [-0.39, 0.29) is 23.9 Å². The summed E-state index contributed by atoms with van der Waals surface area (Å²) in [6, 6.07) is 5.09. The highest BCUT2D eigenvalue weighted by Gasteiger charge is 2.54. The van der Waals surface area contributed by atoms with Gasteiger partial charge in [-0.2, -0.15) is 0 Å². The lowest BCUT2D eigenvalue weighted by molar-refractivity contribution is -0.125. The van der Waals surface area contributed by atoms with Gasteiger partial charge in [0.1, 0.15) is 5.82 Å². The third-order valence-electron chi connectivity index (χ3n) is 8.06. The van der Waals surface area contributed by atoms with Gasteiger partial charge in [-0.3, -0.25) is 14.5 Å². The number of hydrogen-bond donors (Lipinski definition) is 1. The molecule has 1 N–H and O–H groups in total. The summed E-state index contributed by atoms with van der Waals surface area (Å²) in [6.07, 6.45) is 6.80. The lowest BCUT2D eigenvalue weighted by Gasteiger charge is -2.44. The summed E-state index contributed by atoms with van der Waals surface area (Å²) in [6.45, 7) is 1.42. The quantitative estimate of drug-likeness (QED) is 0.511. The van der Waals surface area contributed by atoms with Crippen LogP contribution in [0.4, 0.5) is 21.6 Å². The average Bonchev–Trinajstić information content (AvgIpc) is 2.99. The first-order valence-electron chi connectivity index (χ1n) is 12.3. The third-order valence-corrected chi connectivity index (χ3v) is 8.65. The Labute approximate surface area is 227 Å². The molecule has 4 heterocycles. The van der Waals surface area contributed by atoms with Crippen LogP contribution in [0.1, 0.15) is 24.8 Å². The van der Waals surface area contributed by atoms with E-state index in [4.69, 9.17) is 0 Å². The predicted molar refractivity (Wildman–Crippen MR) is 149 cm³/mol. The van der Waals surface area contributed by atoms with Crippen molar-refractivity contribution < 1.29 is 17.6 Å². The zero-order valence-electron chi connectivity index (χ0n) is 21.7. The van der Waals surface area contributed by atoms with Crippen molar-refractivity contribution in [2.45, 2.75) is 30.7 Å². The van der Waals surface area contributed by atoms with Crippen LogP contribution >= 0.6 is 12.4 Å². The van der Waals surface area contributed by atoms with E-state index in [2.05, 4.69) is 19.6 Å². The number of rotatable bonds is 5. The minimum atomic E-state index is -3.60. The zero-order chi connectivity index (χ0) is 26.3. The Kier molecular flexibility index (Phi) is 6.32. The molecule has 12 heteroatoms. The number of nitrogens with zero attached hydrogens (tertiary/aromatic N) is 5. The Morgan fingerprint density at radius 1 is 1.13 bits per heavy atom. The molecule has 202 valence electrons. The smallest absolute Gasteiger partial charge is 0.237 e. The number of likely N-dealkylation sites (N-methyl/N-ethyl adjacent to an activating group) is 2. The van der Waals surface area contributed by atoms with Crippen molar-refractivity contribution >= 4 is 56.4 Å². The Balaban J connectivity index is 0.00000294. The molecule has 2 fully saturated rings. The average molecular weight is 561 g/mol. The summed E-state index contributed by atoms with van der Waals surface area (Å²) in [7, 11) is 2.17. The molecule has 9 nitrogen and oxygen atoms in total. The summed E-state index contributed by atoms with van der Waals surface area (Å²) in [5.74, 6) is 0.0820. The minimum Gasteiger partial charge on any atom is -0.352 e. The molecule has 1 saturated carbocycles. The molecular formula is C26H30ClFN6O3S. The molecule has 6 rings (SSSR count). The van der Waals surface area contributed by atoms with E-state index in [9.17, 15) is 13.2 Å². The fraction of sp³-hybridized carbons (Fsp3) is 0.423. The number of carbonyl (C=O) groups excluding carboxylic acids is 1. The van der Waals surface area contributed by atoms with Crippen molar-refractivity contribution in [1.29, 1.82) is 0 Å². The minimum absolute atomic E-state index is 0. The standard InChI is InChI=1S/C26H29FN6O3S.ClH/c1-31(2)16-13-33(14-16)24-21(30-37(4,35)36)8-15(11-29-24)17-9-18-20(10-19(17)27)28-12-22-23(18)26(6-5-7-26)25(34)32(22)3;/h8-12,16,30H,5-7,13-14H2,1-4H3;1H. The van der Waals surface area contributed by atoms with Crippen LogP contribution in [-0.4, -0.2) is 75.7 Å². The molecule has 1 aromatic carbocycles. The van der Waals surface area contributed by atoms with Crippen LogP contribution < -0.4 is 14.5 Å². The van der Waals surface area contributed by atoms with E-state index in [0.717, 1.165) is 42.2 Å². The number of amides is 1. The molecule has 1 spiro atoms. The second kappa shape index (κ2) is 9.03. The van der Waals surface area contributed by atoms with Gasteiger partial charge in [-0.15, -0.1) is 12.4 Å². The van der Waals surface area contributed by atoms with Gasteiger partial charge in [0.2, 0.25) is 15.9 Å². The van der Waals surface area contributed by atoms with Crippen LogP contribution in [-0.2, 0) is 20.2 Å². The Hall–Kier alpha value is -3.02. The first-order valence-corrected chi connectivity index (χ1v) is 14.2. The maximum Gasteiger partial charge on any atom is 0.237 e. The zero-order valence-corrected chi connectivity index (χ0v) is 23.3. The summed E-state index contributed by atoms with van der Waals surface area (Å²) in [4.78, 5) is 27.9. The van der Waals surface area contributed by atoms with Gasteiger partial charge < -0.3 is 14.7 Å². The number of halogens is 2. The van der Waals surface area contributed by atoms with Crippen LogP contribution in [0.3, 0.4) is 0 Å². The molecule has 0 atom stereocenters. The number of carbonyl (C=O) groups is 1. The first kappa shape index (κ1) is 26.6. The number of pyridine rings is 2. The molecule has 0 bridgehead atoms. The highest BCUT2D eigenvalue weighted by Crippen LogP contribution is 2.55. The second-order valence-electron chi connectivity index (χ2n) is 10.7. The molecule has 38 heavy (non-hydrogen) atoms. The van der Waals surface area contributed by atoms with Gasteiger partial charge in [-0.25, -0.2) is 17.8 Å². The number of aromatic nitrogens is 2. The van der Waals surface area contributed by atoms with Crippen molar-refractivity contribution in [1.82, 2.24) is 14.9 Å². The van der Waals surface area contributed by atoms with Gasteiger partial charge >= 0.3 is 0 Å². The third kappa shape index (κ3) is 3.99. The highest BCUT2D eigenvalue weighted by molar-refractivity contribution is 7.92. The van der Waals surface area contributed by atoms with Crippen molar-refractivity contribution in [3.8, 4) is 11.1 Å². The fourth-order valence-electron chi connectivity index (χ4n) is 5.80. The van der Waals surface area contributed by atoms with Crippen molar-refractivity contribution in [3.05, 3.63) is 42.0 Å². The molecule has 2 aromatic heterocycles. The van der Waals surface area contributed by atoms with Gasteiger partial charge in [-0.1, -0.05) is 6.42 Å². The summed E-state index contributed by atoms with van der Waals surface area (Å²) in [5, 5.41) is 0.740. The molecule has 1 amide bonds. The Morgan fingerprint density at radius 2 is 1.84 bits per heavy atom. The van der Waals surface area contributed by atoms with E-state index in [1.54, 1.807) is 36.5 Å². The normalized spacial score (nSPS) is 18.4. The first-order chi connectivity index (χ1) is 17.5. The predicted octanol–water partition coefficient (Wildman–Crippen LogP) is 3.38. The molecule has 3 aliphatic rings. The SMILES string of the molecule is CN1C(=O)C2(CCC2)c2c1cnc1cc(F)c(-c3cnc(N4CC(N(C)C)C4)c(NS(C)(=O)=O)c3)cc21.Cl. The topological polar surface area (TPSA) is 98.7 Å². The second-order valence-corrected chi connectivity index (χ2v) is 12.4. The summed E-state index contributed by atoms with van der Waals surface area (Å²) >= 11 is 0. The maximum atomic E-state index is 15.4. The van der Waals surface area contributed by atoms with E-state index < -0.39 is 21.3 Å². The van der Waals surface area contributed by atoms with Crippen LogP contribution in [0, 0.1) is 5.82 Å². The van der Waals surface area contributed by atoms with E-state index >= 15 is 4.39 Å². The van der Waals surface area contributed by atoms with E-state index in [0.29, 0.717) is 41.7 Å². The molecule has 1 aliphatic carbocycles. The van der Waals surface area contributed by atoms with Crippen molar-refractivity contribution in [2.24, 2.45) is 0 Å². The molecule has 1 saturated heterocycles. The van der Waals surface area contributed by atoms with Crippen LogP contribution in [0.2, 0.25) is 0 Å². The molecule has 0 radical (unpaired) electrons. The van der Waals surface area contributed by atoms with Gasteiger partial charge in [0, 0.05) is 60.5 Å². The largest absolute Gasteiger partial charge is 0.352 e. The lowest BCUT2D eigenvalue weighted by atomic mass is 9.64. The van der Waals surface area contributed by atoms with Crippen LogP contribution in [0.5, 0.6) is 0 Å². The Bertz CT molecular complexity index is 1570. The lowest BCUT2D eigenvalue weighted by Crippen LogP contribution is -2.57. The maximum absolute atomic E-state index is 15.4. The molecule has 2 aliphatic heterocycles. The van der Waals surface area contributed by atoms with Crippen molar-refractivity contribution in [2.75, 3.05) is 55.0 Å². The number of benzene rings is 1. The molecule has 0 unspecified atom stereocenters. The van der Waals surface area contributed by atoms with Crippen LogP contribution in [0.15, 0.2) is 30.6 Å². The summed E-state index contributed by atoms with van der Waals surface area (Å²) in [5.41, 5.74) is 2.61. The number of sulfonamides is 1. The monoisotopic (exact) mass is 560 g/mol. The fourth-order valence-corrected chi connectivity index (χ4v) is 6.35. The van der Waals surface area contributed by atoms with Gasteiger partial charge in [-0.05, 0) is 39.1 Å². The molecular weight excluding hydrogens is 531 g/mol. The molecule has 3 aromatic rings. The van der Waals surface area contributed by atoms with Gasteiger partial charge in [0.25, 0.3) is 0 Å². The van der Waals surface area contributed by atoms with Gasteiger partial charge in [0.15, 0.2) is 5.82 Å². The van der Waals surface area contributed by atoms with Gasteiger partial charge in [0.05, 0.1) is 34.8 Å².